The predicted octanol–water partition coefficient (Wildman–Crippen LogP) is 20.0. The lowest BCUT2D eigenvalue weighted by atomic mass is 10.0. The molecular weight excluding hydrogens is 1170 g/mol. The molecule has 0 amide bonds. The normalized spacial score (nSPS) is 14.1. The third-order valence-electron chi connectivity index (χ3n) is 16.2. The van der Waals surface area contributed by atoms with Gasteiger partial charge >= 0.3 is 39.5 Å². The quantitative estimate of drug-likeness (QED) is 0.0222. The highest BCUT2D eigenvalue weighted by Gasteiger charge is 2.30. The molecule has 0 aromatic carbocycles. The van der Waals surface area contributed by atoms with Crippen molar-refractivity contribution in [1.82, 2.24) is 0 Å². The number of hydrogen-bond acceptors (Lipinski definition) is 15. The Morgan fingerprint density at radius 3 is 0.764 bits per heavy atom. The molecule has 0 saturated carbocycles. The fourth-order valence-corrected chi connectivity index (χ4v) is 12.2. The Hall–Kier alpha value is -1.94. The number of phosphoric acid groups is 2. The average molecular weight is 1310 g/mol. The molecule has 0 saturated heterocycles. The number of carbonyl (C=O) groups is 4. The average Bonchev–Trinajstić information content (AvgIpc) is 3.69. The van der Waals surface area contributed by atoms with E-state index in [1.807, 2.05) is 0 Å². The van der Waals surface area contributed by atoms with Crippen LogP contribution in [0.4, 0.5) is 0 Å². The van der Waals surface area contributed by atoms with Gasteiger partial charge in [0.2, 0.25) is 0 Å². The van der Waals surface area contributed by atoms with Crippen LogP contribution in [0.5, 0.6) is 0 Å². The third kappa shape index (κ3) is 64.6. The maximum absolute atomic E-state index is 13.0. The molecule has 0 aromatic heterocycles. The van der Waals surface area contributed by atoms with E-state index < -0.39 is 97.5 Å². The zero-order valence-corrected chi connectivity index (χ0v) is 59.5. The summed E-state index contributed by atoms with van der Waals surface area (Å²) in [6.45, 7) is 9.44. The van der Waals surface area contributed by atoms with Gasteiger partial charge in [-0.2, -0.15) is 0 Å². The van der Waals surface area contributed by atoms with Gasteiger partial charge in [-0.15, -0.1) is 0 Å². The zero-order valence-electron chi connectivity index (χ0n) is 57.7. The standard InChI is InChI=1S/C70H136O17P2/c1-7-9-11-13-15-16-17-18-19-20-21-22-23-24-25-28-36-42-48-54-69(74)86-66(59-81-68(73)53-47-41-35-29-26-27-33-38-44-50-62(3)4)61-85-89(78,79)83-57-64(71)56-82-88(76,77)84-60-65(58-80-67(72)52-46-40-32-14-12-10-8-2)87-70(75)55-49-43-37-31-30-34-39-45-51-63(5)6/h62-66,71H,7-61H2,1-6H3,(H,76,77)(H,78,79)/t64-,65+,66+/m0/s1. The lowest BCUT2D eigenvalue weighted by molar-refractivity contribution is -0.161. The van der Waals surface area contributed by atoms with Crippen molar-refractivity contribution in [3.63, 3.8) is 0 Å². The smallest absolute Gasteiger partial charge is 0.462 e. The summed E-state index contributed by atoms with van der Waals surface area (Å²) in [4.78, 5) is 72.4. The van der Waals surface area contributed by atoms with Gasteiger partial charge in [-0.3, -0.25) is 37.3 Å². The first-order chi connectivity index (χ1) is 42.9. The summed E-state index contributed by atoms with van der Waals surface area (Å²) in [6, 6.07) is 0. The van der Waals surface area contributed by atoms with Gasteiger partial charge in [-0.25, -0.2) is 9.13 Å². The second kappa shape index (κ2) is 62.2. The number of phosphoric ester groups is 2. The molecule has 0 heterocycles. The van der Waals surface area contributed by atoms with Crippen molar-refractivity contribution in [3.05, 3.63) is 0 Å². The van der Waals surface area contributed by atoms with E-state index in [1.165, 1.54) is 161 Å². The molecule has 0 aliphatic heterocycles. The Bertz CT molecular complexity index is 1730. The van der Waals surface area contributed by atoms with Crippen molar-refractivity contribution in [3.8, 4) is 0 Å². The molecule has 0 fully saturated rings. The molecule has 2 unspecified atom stereocenters. The largest absolute Gasteiger partial charge is 0.472 e. The SMILES string of the molecule is CCCCCCCCCCCCCCCCCCCCCC(=O)O[C@H](COC(=O)CCCCCCCCCCCC(C)C)COP(=O)(O)OC[C@@H](O)COP(=O)(O)OC[C@@H](COC(=O)CCCCCCCCC)OC(=O)CCCCCCCCCCC(C)C. The lowest BCUT2D eigenvalue weighted by Gasteiger charge is -2.21. The van der Waals surface area contributed by atoms with Crippen LogP contribution in [-0.2, 0) is 65.4 Å². The number of esters is 4. The Labute approximate surface area is 543 Å². The van der Waals surface area contributed by atoms with Crippen molar-refractivity contribution in [2.75, 3.05) is 39.6 Å². The number of aliphatic hydroxyl groups is 1. The number of aliphatic hydroxyl groups excluding tert-OH is 1. The Morgan fingerprint density at radius 2 is 0.517 bits per heavy atom. The molecule has 528 valence electrons. The van der Waals surface area contributed by atoms with Crippen LogP contribution in [-0.4, -0.2) is 96.7 Å². The fourth-order valence-electron chi connectivity index (χ4n) is 10.6. The van der Waals surface area contributed by atoms with Gasteiger partial charge in [0.25, 0.3) is 0 Å². The minimum atomic E-state index is -4.95. The first kappa shape index (κ1) is 87.1. The number of ether oxygens (including phenoxy) is 4. The molecular formula is C70H136O17P2. The van der Waals surface area contributed by atoms with Crippen LogP contribution in [0.2, 0.25) is 0 Å². The molecule has 0 aliphatic rings. The molecule has 0 bridgehead atoms. The van der Waals surface area contributed by atoms with Crippen LogP contribution in [0.25, 0.3) is 0 Å². The van der Waals surface area contributed by atoms with Crippen molar-refractivity contribution in [2.45, 2.75) is 374 Å². The Balaban J connectivity index is 5.17. The summed E-state index contributed by atoms with van der Waals surface area (Å²) in [6.07, 6.45) is 47.5. The van der Waals surface area contributed by atoms with E-state index >= 15 is 0 Å². The van der Waals surface area contributed by atoms with Gasteiger partial charge in [0, 0.05) is 25.7 Å². The molecule has 0 spiro atoms. The topological polar surface area (TPSA) is 237 Å². The maximum atomic E-state index is 13.0. The summed E-state index contributed by atoms with van der Waals surface area (Å²) in [5.74, 6) is -0.669. The molecule has 0 radical (unpaired) electrons. The second-order valence-electron chi connectivity index (χ2n) is 26.2. The van der Waals surface area contributed by atoms with Gasteiger partial charge in [-0.1, -0.05) is 305 Å². The van der Waals surface area contributed by atoms with E-state index in [4.69, 9.17) is 37.0 Å². The highest BCUT2D eigenvalue weighted by molar-refractivity contribution is 7.47. The summed E-state index contributed by atoms with van der Waals surface area (Å²) >= 11 is 0. The van der Waals surface area contributed by atoms with Crippen molar-refractivity contribution in [2.24, 2.45) is 11.8 Å². The highest BCUT2D eigenvalue weighted by Crippen LogP contribution is 2.45. The summed E-state index contributed by atoms with van der Waals surface area (Å²) < 4.78 is 68.2. The van der Waals surface area contributed by atoms with E-state index in [2.05, 4.69) is 41.5 Å². The van der Waals surface area contributed by atoms with Crippen LogP contribution < -0.4 is 0 Å². The summed E-state index contributed by atoms with van der Waals surface area (Å²) in [5, 5.41) is 10.6. The van der Waals surface area contributed by atoms with Gasteiger partial charge in [0.1, 0.15) is 19.3 Å². The molecule has 0 aliphatic carbocycles. The first-order valence-electron chi connectivity index (χ1n) is 36.5. The van der Waals surface area contributed by atoms with E-state index in [1.54, 1.807) is 0 Å². The molecule has 17 nitrogen and oxygen atoms in total. The Morgan fingerprint density at radius 1 is 0.303 bits per heavy atom. The van der Waals surface area contributed by atoms with Crippen molar-refractivity contribution >= 4 is 39.5 Å². The van der Waals surface area contributed by atoms with Crippen molar-refractivity contribution in [1.29, 1.82) is 0 Å². The minimum Gasteiger partial charge on any atom is -0.462 e. The fraction of sp³-hybridized carbons (Fsp3) is 0.943. The molecule has 0 rings (SSSR count). The van der Waals surface area contributed by atoms with Gasteiger partial charge in [-0.05, 0) is 37.5 Å². The summed E-state index contributed by atoms with van der Waals surface area (Å²) in [5.41, 5.74) is 0. The van der Waals surface area contributed by atoms with E-state index in [-0.39, 0.29) is 25.7 Å². The number of carbonyl (C=O) groups excluding carboxylic acids is 4. The molecule has 19 heteroatoms. The predicted molar refractivity (Wildman–Crippen MR) is 358 cm³/mol. The van der Waals surface area contributed by atoms with E-state index in [9.17, 15) is 43.2 Å². The van der Waals surface area contributed by atoms with Crippen LogP contribution in [0.1, 0.15) is 356 Å². The monoisotopic (exact) mass is 1310 g/mol. The third-order valence-corrected chi connectivity index (χ3v) is 18.1. The van der Waals surface area contributed by atoms with Crippen LogP contribution in [0.3, 0.4) is 0 Å². The van der Waals surface area contributed by atoms with Gasteiger partial charge < -0.3 is 33.8 Å². The van der Waals surface area contributed by atoms with Crippen LogP contribution in [0, 0.1) is 11.8 Å². The van der Waals surface area contributed by atoms with E-state index in [0.29, 0.717) is 25.7 Å². The second-order valence-corrected chi connectivity index (χ2v) is 29.1. The Kier molecular flexibility index (Phi) is 60.8. The maximum Gasteiger partial charge on any atom is 0.472 e. The van der Waals surface area contributed by atoms with E-state index in [0.717, 1.165) is 115 Å². The summed E-state index contributed by atoms with van der Waals surface area (Å²) in [7, 11) is -9.89. The number of rotatable bonds is 69. The molecule has 3 N–H and O–H groups in total. The van der Waals surface area contributed by atoms with Gasteiger partial charge in [0.15, 0.2) is 12.2 Å². The number of unbranched alkanes of at least 4 members (excludes halogenated alkanes) is 39. The first-order valence-corrected chi connectivity index (χ1v) is 39.5. The molecule has 0 aromatic rings. The minimum absolute atomic E-state index is 0.104. The zero-order chi connectivity index (χ0) is 65.7. The number of hydrogen-bond donors (Lipinski definition) is 3. The molecule has 89 heavy (non-hydrogen) atoms. The highest BCUT2D eigenvalue weighted by atomic mass is 31.2. The molecule has 5 atom stereocenters. The van der Waals surface area contributed by atoms with Crippen LogP contribution in [0.15, 0.2) is 0 Å². The lowest BCUT2D eigenvalue weighted by Crippen LogP contribution is -2.30. The van der Waals surface area contributed by atoms with Crippen LogP contribution >= 0.6 is 15.6 Å². The van der Waals surface area contributed by atoms with Gasteiger partial charge in [0.05, 0.1) is 26.4 Å². The van der Waals surface area contributed by atoms with Crippen molar-refractivity contribution < 1.29 is 80.2 Å².